The second-order valence-corrected chi connectivity index (χ2v) is 5.02. The average Bonchev–Trinajstić information content (AvgIpc) is 2.01. The molecular formula is C10H20BrNO. The molecule has 0 aliphatic carbocycles. The van der Waals surface area contributed by atoms with Crippen LogP contribution in [0.3, 0.4) is 0 Å². The Morgan fingerprint density at radius 2 is 1.85 bits per heavy atom. The van der Waals surface area contributed by atoms with Crippen molar-refractivity contribution >= 4 is 21.8 Å². The van der Waals surface area contributed by atoms with Gasteiger partial charge in [0.25, 0.3) is 0 Å². The van der Waals surface area contributed by atoms with E-state index in [1.165, 1.54) is 0 Å². The highest BCUT2D eigenvalue weighted by atomic mass is 79.9. The van der Waals surface area contributed by atoms with Crippen molar-refractivity contribution in [2.45, 2.75) is 34.1 Å². The number of halogens is 1. The topological polar surface area (TPSA) is 20.3 Å². The Balaban J connectivity index is 4.27. The van der Waals surface area contributed by atoms with Gasteiger partial charge < -0.3 is 4.90 Å². The molecule has 78 valence electrons. The number of carbonyl (C=O) groups is 1. The fraction of sp³-hybridized carbons (Fsp3) is 0.900. The quantitative estimate of drug-likeness (QED) is 0.702. The van der Waals surface area contributed by atoms with Crippen LogP contribution in [0.1, 0.15) is 34.1 Å². The second-order valence-electron chi connectivity index (χ2n) is 4.23. The third kappa shape index (κ3) is 4.65. The van der Waals surface area contributed by atoms with Crippen molar-refractivity contribution in [2.75, 3.05) is 18.4 Å². The molecule has 0 N–H and O–H groups in total. The standard InChI is InChI=1S/C10H20BrNO/c1-5-7-12(8-6-11)9(13)10(2,3)4/h5-8H2,1-4H3. The second kappa shape index (κ2) is 5.63. The van der Waals surface area contributed by atoms with Crippen LogP contribution in [0.4, 0.5) is 0 Å². The van der Waals surface area contributed by atoms with E-state index in [2.05, 4.69) is 22.9 Å². The molecule has 0 bridgehead atoms. The Morgan fingerprint density at radius 1 is 1.31 bits per heavy atom. The molecule has 0 aromatic rings. The first-order chi connectivity index (χ1) is 5.93. The van der Waals surface area contributed by atoms with E-state index in [1.54, 1.807) is 0 Å². The summed E-state index contributed by atoms with van der Waals surface area (Å²) in [6.07, 6.45) is 1.02. The minimum Gasteiger partial charge on any atom is -0.341 e. The van der Waals surface area contributed by atoms with Gasteiger partial charge in [0.1, 0.15) is 0 Å². The minimum absolute atomic E-state index is 0.244. The zero-order chi connectivity index (χ0) is 10.5. The number of hydrogen-bond donors (Lipinski definition) is 0. The number of hydrogen-bond acceptors (Lipinski definition) is 1. The Bertz CT molecular complexity index is 157. The summed E-state index contributed by atoms with van der Waals surface area (Å²) >= 11 is 3.36. The predicted octanol–water partition coefficient (Wildman–Crippen LogP) is 2.67. The number of nitrogens with zero attached hydrogens (tertiary/aromatic N) is 1. The van der Waals surface area contributed by atoms with Crippen molar-refractivity contribution in [3.63, 3.8) is 0 Å². The molecule has 0 saturated heterocycles. The predicted molar refractivity (Wildman–Crippen MR) is 60.1 cm³/mol. The van der Waals surface area contributed by atoms with Crippen molar-refractivity contribution in [1.82, 2.24) is 4.90 Å². The first-order valence-corrected chi connectivity index (χ1v) is 5.91. The van der Waals surface area contributed by atoms with Crippen LogP contribution in [-0.2, 0) is 4.79 Å². The zero-order valence-electron chi connectivity index (χ0n) is 9.06. The third-order valence-electron chi connectivity index (χ3n) is 1.78. The molecule has 0 atom stereocenters. The molecule has 0 aromatic heterocycles. The van der Waals surface area contributed by atoms with Crippen molar-refractivity contribution < 1.29 is 4.79 Å². The molecular weight excluding hydrogens is 230 g/mol. The summed E-state index contributed by atoms with van der Waals surface area (Å²) < 4.78 is 0. The summed E-state index contributed by atoms with van der Waals surface area (Å²) in [5, 5.41) is 0.856. The van der Waals surface area contributed by atoms with E-state index >= 15 is 0 Å². The summed E-state index contributed by atoms with van der Waals surface area (Å²) in [6, 6.07) is 0. The van der Waals surface area contributed by atoms with Crippen LogP contribution >= 0.6 is 15.9 Å². The highest BCUT2D eigenvalue weighted by Gasteiger charge is 2.25. The lowest BCUT2D eigenvalue weighted by Gasteiger charge is -2.28. The third-order valence-corrected chi connectivity index (χ3v) is 2.13. The zero-order valence-corrected chi connectivity index (χ0v) is 10.6. The van der Waals surface area contributed by atoms with Gasteiger partial charge in [-0.1, -0.05) is 43.6 Å². The molecule has 0 radical (unpaired) electrons. The summed E-state index contributed by atoms with van der Waals surface area (Å²) in [6.45, 7) is 9.66. The van der Waals surface area contributed by atoms with Gasteiger partial charge >= 0.3 is 0 Å². The summed E-state index contributed by atoms with van der Waals surface area (Å²) in [7, 11) is 0. The smallest absolute Gasteiger partial charge is 0.227 e. The van der Waals surface area contributed by atoms with Gasteiger partial charge in [0.15, 0.2) is 0 Å². The maximum absolute atomic E-state index is 11.8. The van der Waals surface area contributed by atoms with Crippen LogP contribution in [0.25, 0.3) is 0 Å². The first kappa shape index (κ1) is 12.9. The highest BCUT2D eigenvalue weighted by Crippen LogP contribution is 2.17. The molecule has 3 heteroatoms. The maximum Gasteiger partial charge on any atom is 0.227 e. The summed E-state index contributed by atoms with van der Waals surface area (Å²) in [5.41, 5.74) is -0.253. The molecule has 0 rings (SSSR count). The van der Waals surface area contributed by atoms with Gasteiger partial charge in [-0.25, -0.2) is 0 Å². The molecule has 0 fully saturated rings. The molecule has 0 aliphatic rings. The summed E-state index contributed by atoms with van der Waals surface area (Å²) in [4.78, 5) is 13.8. The van der Waals surface area contributed by atoms with Crippen LogP contribution in [0.15, 0.2) is 0 Å². The van der Waals surface area contributed by atoms with Crippen molar-refractivity contribution in [3.8, 4) is 0 Å². The largest absolute Gasteiger partial charge is 0.341 e. The van der Waals surface area contributed by atoms with E-state index in [1.807, 2.05) is 25.7 Å². The number of rotatable bonds is 4. The fourth-order valence-corrected chi connectivity index (χ4v) is 1.59. The van der Waals surface area contributed by atoms with Gasteiger partial charge in [-0.15, -0.1) is 0 Å². The van der Waals surface area contributed by atoms with Gasteiger partial charge in [-0.2, -0.15) is 0 Å². The Labute approximate surface area is 89.8 Å². The van der Waals surface area contributed by atoms with E-state index in [4.69, 9.17) is 0 Å². The lowest BCUT2D eigenvalue weighted by atomic mass is 9.94. The highest BCUT2D eigenvalue weighted by molar-refractivity contribution is 9.09. The van der Waals surface area contributed by atoms with E-state index in [0.717, 1.165) is 24.8 Å². The van der Waals surface area contributed by atoms with Crippen molar-refractivity contribution in [3.05, 3.63) is 0 Å². The normalized spacial score (nSPS) is 11.5. The van der Waals surface area contributed by atoms with Gasteiger partial charge in [0.2, 0.25) is 5.91 Å². The van der Waals surface area contributed by atoms with Crippen LogP contribution in [0.2, 0.25) is 0 Å². The average molecular weight is 250 g/mol. The molecule has 0 aliphatic heterocycles. The Kier molecular flexibility index (Phi) is 5.61. The molecule has 0 saturated carbocycles. The Hall–Kier alpha value is -0.0500. The number of carbonyl (C=O) groups excluding carboxylic acids is 1. The lowest BCUT2D eigenvalue weighted by molar-refractivity contribution is -0.139. The number of alkyl halides is 1. The fourth-order valence-electron chi connectivity index (χ4n) is 1.16. The summed E-state index contributed by atoms with van der Waals surface area (Å²) in [5.74, 6) is 0.244. The lowest BCUT2D eigenvalue weighted by Crippen LogP contribution is -2.40. The van der Waals surface area contributed by atoms with E-state index < -0.39 is 0 Å². The van der Waals surface area contributed by atoms with E-state index in [0.29, 0.717) is 0 Å². The van der Waals surface area contributed by atoms with Gasteiger partial charge in [-0.05, 0) is 6.42 Å². The van der Waals surface area contributed by atoms with Crippen LogP contribution < -0.4 is 0 Å². The molecule has 13 heavy (non-hydrogen) atoms. The molecule has 0 heterocycles. The molecule has 0 unspecified atom stereocenters. The van der Waals surface area contributed by atoms with Crippen molar-refractivity contribution in [2.24, 2.45) is 5.41 Å². The van der Waals surface area contributed by atoms with Crippen LogP contribution in [-0.4, -0.2) is 29.2 Å². The van der Waals surface area contributed by atoms with E-state index in [9.17, 15) is 4.79 Å². The molecule has 2 nitrogen and oxygen atoms in total. The van der Waals surface area contributed by atoms with Gasteiger partial charge in [0.05, 0.1) is 0 Å². The maximum atomic E-state index is 11.8. The van der Waals surface area contributed by atoms with Crippen LogP contribution in [0, 0.1) is 5.41 Å². The van der Waals surface area contributed by atoms with Crippen LogP contribution in [0.5, 0.6) is 0 Å². The number of amides is 1. The molecule has 1 amide bonds. The van der Waals surface area contributed by atoms with Gasteiger partial charge in [-0.3, -0.25) is 4.79 Å². The minimum atomic E-state index is -0.253. The van der Waals surface area contributed by atoms with Crippen molar-refractivity contribution in [1.29, 1.82) is 0 Å². The molecule has 0 aromatic carbocycles. The molecule has 0 spiro atoms. The first-order valence-electron chi connectivity index (χ1n) is 4.78. The van der Waals surface area contributed by atoms with Gasteiger partial charge in [0, 0.05) is 23.8 Å². The van der Waals surface area contributed by atoms with E-state index in [-0.39, 0.29) is 11.3 Å². The monoisotopic (exact) mass is 249 g/mol. The SMILES string of the molecule is CCCN(CCBr)C(=O)C(C)(C)C. The Morgan fingerprint density at radius 3 is 2.15 bits per heavy atom.